The molecule has 1 rings (SSSR count). The molecular weight excluding hydrogens is 290 g/mol. The minimum absolute atomic E-state index is 0.0108. The molecule has 2 amide bonds. The zero-order valence-corrected chi connectivity index (χ0v) is 11.5. The van der Waals surface area contributed by atoms with Crippen LogP contribution in [-0.2, 0) is 9.59 Å². The zero-order valence-electron chi connectivity index (χ0n) is 9.89. The van der Waals surface area contributed by atoms with Crippen LogP contribution in [0.4, 0.5) is 0 Å². The Morgan fingerprint density at radius 1 is 1.21 bits per heavy atom. The molecule has 0 spiro atoms. The van der Waals surface area contributed by atoms with E-state index in [-0.39, 0.29) is 12.2 Å². The van der Waals surface area contributed by atoms with Crippen molar-refractivity contribution in [1.29, 1.82) is 0 Å². The summed E-state index contributed by atoms with van der Waals surface area (Å²) in [7, 11) is 0. The number of rotatable bonds is 6. The Hall–Kier alpha value is -1.53. The van der Waals surface area contributed by atoms with E-state index >= 15 is 0 Å². The molecule has 0 saturated heterocycles. The number of hydrogen-bond acceptors (Lipinski definition) is 4. The fourth-order valence-corrected chi connectivity index (χ4v) is 2.01. The van der Waals surface area contributed by atoms with Crippen LogP contribution in [0.15, 0.2) is 24.3 Å². The third kappa shape index (κ3) is 6.26. The number of carboxylic acid groups (broad SMARTS) is 1. The standard InChI is InChI=1S/C12H12ClNO4S/c13-9-3-1-8(2-4-9)12(18)14-10(15)7-19-6-5-11(16)17/h1-4H,5-7H2,(H,16,17)(H,14,15,18). The summed E-state index contributed by atoms with van der Waals surface area (Å²) in [4.78, 5) is 33.3. The number of halogens is 1. The second-order valence-corrected chi connectivity index (χ2v) is 5.12. The molecule has 1 aromatic carbocycles. The van der Waals surface area contributed by atoms with Crippen LogP contribution in [0, 0.1) is 0 Å². The minimum atomic E-state index is -0.912. The van der Waals surface area contributed by atoms with Crippen LogP contribution in [0.25, 0.3) is 0 Å². The van der Waals surface area contributed by atoms with E-state index in [0.717, 1.165) is 11.8 Å². The second-order valence-electron chi connectivity index (χ2n) is 3.58. The van der Waals surface area contributed by atoms with Gasteiger partial charge >= 0.3 is 5.97 Å². The van der Waals surface area contributed by atoms with Crippen LogP contribution in [0.1, 0.15) is 16.8 Å². The van der Waals surface area contributed by atoms with E-state index in [1.807, 2.05) is 0 Å². The van der Waals surface area contributed by atoms with Gasteiger partial charge in [-0.25, -0.2) is 0 Å². The number of aliphatic carboxylic acids is 1. The summed E-state index contributed by atoms with van der Waals surface area (Å²) < 4.78 is 0. The van der Waals surface area contributed by atoms with E-state index in [1.165, 1.54) is 12.1 Å². The third-order valence-corrected chi connectivity index (χ3v) is 3.26. The molecule has 0 radical (unpaired) electrons. The maximum absolute atomic E-state index is 11.6. The summed E-state index contributed by atoms with van der Waals surface area (Å²) in [5, 5.41) is 11.1. The summed E-state index contributed by atoms with van der Waals surface area (Å²) in [6.07, 6.45) is -0.0108. The Kier molecular flexibility index (Phi) is 6.38. The number of benzene rings is 1. The highest BCUT2D eigenvalue weighted by Gasteiger charge is 2.10. The number of hydrogen-bond donors (Lipinski definition) is 2. The highest BCUT2D eigenvalue weighted by molar-refractivity contribution is 7.99. The first-order chi connectivity index (χ1) is 8.99. The summed E-state index contributed by atoms with van der Waals surface area (Å²) in [6.45, 7) is 0. The van der Waals surface area contributed by atoms with E-state index in [1.54, 1.807) is 12.1 Å². The molecule has 0 aromatic heterocycles. The van der Waals surface area contributed by atoms with Crippen molar-refractivity contribution in [2.75, 3.05) is 11.5 Å². The molecule has 1 aromatic rings. The summed E-state index contributed by atoms with van der Waals surface area (Å²) in [5.41, 5.74) is 0.341. The number of thioether (sulfide) groups is 1. The molecule has 0 unspecified atom stereocenters. The van der Waals surface area contributed by atoms with Crippen LogP contribution in [-0.4, -0.2) is 34.4 Å². The van der Waals surface area contributed by atoms with Gasteiger partial charge in [0.05, 0.1) is 12.2 Å². The van der Waals surface area contributed by atoms with Crippen LogP contribution >= 0.6 is 23.4 Å². The van der Waals surface area contributed by atoms with Gasteiger partial charge in [0.15, 0.2) is 0 Å². The average Bonchev–Trinajstić information content (AvgIpc) is 2.35. The molecule has 0 bridgehead atoms. The van der Waals surface area contributed by atoms with Crippen molar-refractivity contribution in [2.45, 2.75) is 6.42 Å². The summed E-state index contributed by atoms with van der Waals surface area (Å²) in [6, 6.07) is 6.15. The maximum Gasteiger partial charge on any atom is 0.304 e. The van der Waals surface area contributed by atoms with Crippen molar-refractivity contribution in [2.24, 2.45) is 0 Å². The number of nitrogens with one attached hydrogen (secondary N) is 1. The second kappa shape index (κ2) is 7.81. The Balaban J connectivity index is 2.34. The van der Waals surface area contributed by atoms with Crippen molar-refractivity contribution < 1.29 is 19.5 Å². The van der Waals surface area contributed by atoms with Gasteiger partial charge in [-0.2, -0.15) is 11.8 Å². The summed E-state index contributed by atoms with van der Waals surface area (Å²) in [5.74, 6) is -1.48. The molecule has 7 heteroatoms. The normalized spacial score (nSPS) is 9.95. The van der Waals surface area contributed by atoms with Gasteiger partial charge in [-0.1, -0.05) is 11.6 Å². The number of amides is 2. The number of carboxylic acids is 1. The molecular formula is C12H12ClNO4S. The lowest BCUT2D eigenvalue weighted by molar-refractivity contribution is -0.136. The SMILES string of the molecule is O=C(O)CCSCC(=O)NC(=O)c1ccc(Cl)cc1. The van der Waals surface area contributed by atoms with E-state index in [9.17, 15) is 14.4 Å². The first-order valence-electron chi connectivity index (χ1n) is 5.38. The minimum Gasteiger partial charge on any atom is -0.481 e. The van der Waals surface area contributed by atoms with E-state index in [4.69, 9.17) is 16.7 Å². The van der Waals surface area contributed by atoms with Gasteiger partial charge < -0.3 is 5.11 Å². The van der Waals surface area contributed by atoms with Crippen molar-refractivity contribution in [1.82, 2.24) is 5.32 Å². The predicted molar refractivity (Wildman–Crippen MR) is 73.5 cm³/mol. The van der Waals surface area contributed by atoms with Gasteiger partial charge in [0, 0.05) is 16.3 Å². The predicted octanol–water partition coefficient (Wildman–Crippen LogP) is 1.80. The average molecular weight is 302 g/mol. The van der Waals surface area contributed by atoms with Crippen molar-refractivity contribution in [3.63, 3.8) is 0 Å². The highest BCUT2D eigenvalue weighted by atomic mass is 35.5. The van der Waals surface area contributed by atoms with Gasteiger partial charge in [0.2, 0.25) is 5.91 Å². The first kappa shape index (κ1) is 15.5. The first-order valence-corrected chi connectivity index (χ1v) is 6.91. The molecule has 19 heavy (non-hydrogen) atoms. The van der Waals surface area contributed by atoms with Crippen LogP contribution in [0.3, 0.4) is 0 Å². The Morgan fingerprint density at radius 2 is 1.84 bits per heavy atom. The molecule has 0 aliphatic carbocycles. The Labute approximate surface area is 119 Å². The van der Waals surface area contributed by atoms with Crippen molar-refractivity contribution in [3.8, 4) is 0 Å². The van der Waals surface area contributed by atoms with E-state index < -0.39 is 17.8 Å². The molecule has 2 N–H and O–H groups in total. The van der Waals surface area contributed by atoms with Gasteiger partial charge in [-0.15, -0.1) is 0 Å². The molecule has 0 atom stereocenters. The molecule has 102 valence electrons. The summed E-state index contributed by atoms with van der Waals surface area (Å²) >= 11 is 6.85. The van der Waals surface area contributed by atoms with Gasteiger partial charge in [-0.05, 0) is 24.3 Å². The quantitative estimate of drug-likeness (QED) is 0.783. The number of imide groups is 1. The number of carbonyl (C=O) groups excluding carboxylic acids is 2. The fraction of sp³-hybridized carbons (Fsp3) is 0.250. The van der Waals surface area contributed by atoms with Crippen LogP contribution in [0.5, 0.6) is 0 Å². The molecule has 0 saturated carbocycles. The van der Waals surface area contributed by atoms with Crippen molar-refractivity contribution in [3.05, 3.63) is 34.9 Å². The lowest BCUT2D eigenvalue weighted by Gasteiger charge is -2.04. The van der Waals surface area contributed by atoms with Crippen LogP contribution < -0.4 is 5.32 Å². The lowest BCUT2D eigenvalue weighted by Crippen LogP contribution is -2.31. The maximum atomic E-state index is 11.6. The molecule has 0 heterocycles. The topological polar surface area (TPSA) is 83.5 Å². The fourth-order valence-electron chi connectivity index (χ4n) is 1.16. The highest BCUT2D eigenvalue weighted by Crippen LogP contribution is 2.09. The lowest BCUT2D eigenvalue weighted by atomic mass is 10.2. The zero-order chi connectivity index (χ0) is 14.3. The molecule has 0 aliphatic rings. The third-order valence-electron chi connectivity index (χ3n) is 2.05. The molecule has 0 aliphatic heterocycles. The van der Waals surface area contributed by atoms with Gasteiger partial charge in [0.25, 0.3) is 5.91 Å². The molecule has 5 nitrogen and oxygen atoms in total. The number of carbonyl (C=O) groups is 3. The van der Waals surface area contributed by atoms with E-state index in [0.29, 0.717) is 16.3 Å². The molecule has 0 fully saturated rings. The van der Waals surface area contributed by atoms with Gasteiger partial charge in [0.1, 0.15) is 0 Å². The van der Waals surface area contributed by atoms with Crippen molar-refractivity contribution >= 4 is 41.1 Å². The Bertz CT molecular complexity index is 475. The smallest absolute Gasteiger partial charge is 0.304 e. The van der Waals surface area contributed by atoms with Gasteiger partial charge in [-0.3, -0.25) is 19.7 Å². The Morgan fingerprint density at radius 3 is 2.42 bits per heavy atom. The monoisotopic (exact) mass is 301 g/mol. The van der Waals surface area contributed by atoms with Crippen LogP contribution in [0.2, 0.25) is 5.02 Å². The largest absolute Gasteiger partial charge is 0.481 e. The van der Waals surface area contributed by atoms with E-state index in [2.05, 4.69) is 5.32 Å².